The van der Waals surface area contributed by atoms with Crippen LogP contribution in [0, 0.1) is 20.8 Å². The second kappa shape index (κ2) is 7.39. The van der Waals surface area contributed by atoms with Crippen molar-refractivity contribution in [2.45, 2.75) is 40.2 Å². The first-order valence-corrected chi connectivity index (χ1v) is 8.21. The third-order valence-corrected chi connectivity index (χ3v) is 4.51. The van der Waals surface area contributed by atoms with Gasteiger partial charge in [0.15, 0.2) is 0 Å². The quantitative estimate of drug-likeness (QED) is 0.903. The smallest absolute Gasteiger partial charge is 0.0922 e. The SMILES string of the molecule is CCCN1CCN(CC(O)c2c(C)cc(C)cc2C)CC1. The second-order valence-corrected chi connectivity index (χ2v) is 6.47. The van der Waals surface area contributed by atoms with Crippen LogP contribution in [0.3, 0.4) is 0 Å². The zero-order chi connectivity index (χ0) is 15.4. The highest BCUT2D eigenvalue weighted by Crippen LogP contribution is 2.24. The molecule has 1 aliphatic heterocycles. The number of rotatable bonds is 5. The Kier molecular flexibility index (Phi) is 5.80. The van der Waals surface area contributed by atoms with E-state index < -0.39 is 0 Å². The van der Waals surface area contributed by atoms with E-state index in [9.17, 15) is 5.11 Å². The van der Waals surface area contributed by atoms with E-state index in [1.54, 1.807) is 0 Å². The van der Waals surface area contributed by atoms with E-state index in [0.717, 1.165) is 38.3 Å². The standard InChI is InChI=1S/C18H30N2O/c1-5-6-19-7-9-20(10-8-19)13-17(21)18-15(3)11-14(2)12-16(18)4/h11-12,17,21H,5-10,13H2,1-4H3. The molecule has 0 radical (unpaired) electrons. The van der Waals surface area contributed by atoms with Gasteiger partial charge in [0.2, 0.25) is 0 Å². The lowest BCUT2D eigenvalue weighted by Gasteiger charge is -2.35. The van der Waals surface area contributed by atoms with Crippen molar-refractivity contribution in [1.82, 2.24) is 9.80 Å². The first-order valence-electron chi connectivity index (χ1n) is 8.21. The Morgan fingerprint density at radius 1 is 1.00 bits per heavy atom. The van der Waals surface area contributed by atoms with Crippen LogP contribution in [0.5, 0.6) is 0 Å². The van der Waals surface area contributed by atoms with Gasteiger partial charge in [-0.25, -0.2) is 0 Å². The Labute approximate surface area is 129 Å². The lowest BCUT2D eigenvalue weighted by molar-refractivity contribution is 0.0721. The number of aliphatic hydroxyl groups excluding tert-OH is 1. The molecule has 21 heavy (non-hydrogen) atoms. The number of aliphatic hydroxyl groups is 1. The number of hydrogen-bond acceptors (Lipinski definition) is 3. The molecule has 1 saturated heterocycles. The van der Waals surface area contributed by atoms with Gasteiger partial charge in [0, 0.05) is 32.7 Å². The number of β-amino-alcohol motifs (C(OH)–C–C–N with tert-alkyl or cyclic N) is 1. The maximum atomic E-state index is 10.6. The second-order valence-electron chi connectivity index (χ2n) is 6.47. The van der Waals surface area contributed by atoms with Gasteiger partial charge in [-0.2, -0.15) is 0 Å². The number of hydrogen-bond donors (Lipinski definition) is 1. The van der Waals surface area contributed by atoms with Gasteiger partial charge >= 0.3 is 0 Å². The molecule has 1 aromatic carbocycles. The maximum Gasteiger partial charge on any atom is 0.0922 e. The summed E-state index contributed by atoms with van der Waals surface area (Å²) in [6.45, 7) is 14.9. The largest absolute Gasteiger partial charge is 0.387 e. The molecule has 1 atom stereocenters. The van der Waals surface area contributed by atoms with Crippen LogP contribution in [0.1, 0.15) is 41.7 Å². The van der Waals surface area contributed by atoms with Crippen molar-refractivity contribution < 1.29 is 5.11 Å². The van der Waals surface area contributed by atoms with Crippen molar-refractivity contribution in [2.24, 2.45) is 0 Å². The van der Waals surface area contributed by atoms with Crippen molar-refractivity contribution in [2.75, 3.05) is 39.3 Å². The average molecular weight is 290 g/mol. The van der Waals surface area contributed by atoms with Crippen LogP contribution in [-0.2, 0) is 0 Å². The molecule has 0 aromatic heterocycles. The molecular weight excluding hydrogens is 260 g/mol. The minimum atomic E-state index is -0.372. The third-order valence-electron chi connectivity index (χ3n) is 4.51. The molecule has 1 heterocycles. The van der Waals surface area contributed by atoms with E-state index in [1.165, 1.54) is 29.7 Å². The van der Waals surface area contributed by atoms with E-state index >= 15 is 0 Å². The fourth-order valence-corrected chi connectivity index (χ4v) is 3.56. The van der Waals surface area contributed by atoms with E-state index in [1.807, 2.05) is 0 Å². The summed E-state index contributed by atoms with van der Waals surface area (Å²) in [6, 6.07) is 4.34. The molecule has 118 valence electrons. The summed E-state index contributed by atoms with van der Waals surface area (Å²) >= 11 is 0. The van der Waals surface area contributed by atoms with Gasteiger partial charge in [-0.1, -0.05) is 24.6 Å². The Balaban J connectivity index is 1.95. The third kappa shape index (κ3) is 4.29. The topological polar surface area (TPSA) is 26.7 Å². The van der Waals surface area contributed by atoms with Gasteiger partial charge in [-0.05, 0) is 50.4 Å². The molecular formula is C18H30N2O. The fourth-order valence-electron chi connectivity index (χ4n) is 3.56. The van der Waals surface area contributed by atoms with Gasteiger partial charge in [-0.15, -0.1) is 0 Å². The van der Waals surface area contributed by atoms with Gasteiger partial charge in [0.05, 0.1) is 6.10 Å². The fraction of sp³-hybridized carbons (Fsp3) is 0.667. The van der Waals surface area contributed by atoms with Crippen LogP contribution in [0.25, 0.3) is 0 Å². The number of nitrogens with zero attached hydrogens (tertiary/aromatic N) is 2. The predicted molar refractivity (Wildman–Crippen MR) is 88.8 cm³/mol. The highest BCUT2D eigenvalue weighted by molar-refractivity contribution is 5.39. The molecule has 3 nitrogen and oxygen atoms in total. The lowest BCUT2D eigenvalue weighted by Crippen LogP contribution is -2.47. The van der Waals surface area contributed by atoms with E-state index in [4.69, 9.17) is 0 Å². The van der Waals surface area contributed by atoms with Gasteiger partial charge in [-0.3, -0.25) is 4.90 Å². The van der Waals surface area contributed by atoms with Crippen molar-refractivity contribution in [3.8, 4) is 0 Å². The van der Waals surface area contributed by atoms with Crippen LogP contribution in [0.4, 0.5) is 0 Å². The molecule has 0 spiro atoms. The molecule has 1 unspecified atom stereocenters. The molecule has 1 aromatic rings. The van der Waals surface area contributed by atoms with Crippen molar-refractivity contribution in [3.63, 3.8) is 0 Å². The summed E-state index contributed by atoms with van der Waals surface area (Å²) in [4.78, 5) is 4.92. The highest BCUT2D eigenvalue weighted by Gasteiger charge is 2.21. The van der Waals surface area contributed by atoms with Gasteiger partial charge < -0.3 is 10.0 Å². The maximum absolute atomic E-state index is 10.6. The molecule has 0 saturated carbocycles. The normalized spacial score (nSPS) is 18.9. The Bertz CT molecular complexity index is 441. The number of benzene rings is 1. The van der Waals surface area contributed by atoms with Crippen LogP contribution < -0.4 is 0 Å². The van der Waals surface area contributed by atoms with Crippen LogP contribution in [0.2, 0.25) is 0 Å². The highest BCUT2D eigenvalue weighted by atomic mass is 16.3. The summed E-state index contributed by atoms with van der Waals surface area (Å²) < 4.78 is 0. The lowest BCUT2D eigenvalue weighted by atomic mass is 9.95. The zero-order valence-corrected chi connectivity index (χ0v) is 14.0. The molecule has 3 heteroatoms. The minimum Gasteiger partial charge on any atom is -0.387 e. The molecule has 0 aliphatic carbocycles. The summed E-state index contributed by atoms with van der Waals surface area (Å²) in [7, 11) is 0. The molecule has 0 amide bonds. The number of aryl methyl sites for hydroxylation is 3. The molecule has 0 bridgehead atoms. The van der Waals surface area contributed by atoms with Crippen molar-refractivity contribution in [3.05, 3.63) is 34.4 Å². The van der Waals surface area contributed by atoms with Crippen LogP contribution >= 0.6 is 0 Å². The molecule has 1 N–H and O–H groups in total. The van der Waals surface area contributed by atoms with Gasteiger partial charge in [0.1, 0.15) is 0 Å². The monoisotopic (exact) mass is 290 g/mol. The van der Waals surface area contributed by atoms with Crippen LogP contribution in [-0.4, -0.2) is 54.2 Å². The molecule has 2 rings (SSSR count). The Morgan fingerprint density at radius 2 is 1.52 bits per heavy atom. The molecule has 1 aliphatic rings. The Morgan fingerprint density at radius 3 is 2.05 bits per heavy atom. The number of piperazine rings is 1. The zero-order valence-electron chi connectivity index (χ0n) is 14.0. The van der Waals surface area contributed by atoms with E-state index in [0.29, 0.717) is 0 Å². The Hall–Kier alpha value is -0.900. The van der Waals surface area contributed by atoms with Crippen molar-refractivity contribution in [1.29, 1.82) is 0 Å². The predicted octanol–water partition coefficient (Wildman–Crippen LogP) is 2.67. The molecule has 1 fully saturated rings. The first-order chi connectivity index (χ1) is 10.0. The van der Waals surface area contributed by atoms with Crippen LogP contribution in [0.15, 0.2) is 12.1 Å². The van der Waals surface area contributed by atoms with Crippen molar-refractivity contribution >= 4 is 0 Å². The summed E-state index contributed by atoms with van der Waals surface area (Å²) in [5.41, 5.74) is 4.82. The average Bonchev–Trinajstić information content (AvgIpc) is 2.40. The van der Waals surface area contributed by atoms with E-state index in [-0.39, 0.29) is 6.10 Å². The first kappa shape index (κ1) is 16.5. The van der Waals surface area contributed by atoms with E-state index in [2.05, 4.69) is 49.6 Å². The summed E-state index contributed by atoms with van der Waals surface area (Å²) in [5.74, 6) is 0. The van der Waals surface area contributed by atoms with Gasteiger partial charge in [0.25, 0.3) is 0 Å². The minimum absolute atomic E-state index is 0.372. The summed E-state index contributed by atoms with van der Waals surface area (Å²) in [5, 5.41) is 10.6. The summed E-state index contributed by atoms with van der Waals surface area (Å²) in [6.07, 6.45) is 0.855.